The molecule has 0 aliphatic heterocycles. The third-order valence-corrected chi connectivity index (χ3v) is 2.85. The molecule has 3 rings (SSSR count). The van der Waals surface area contributed by atoms with Gasteiger partial charge in [-0.1, -0.05) is 12.1 Å². The minimum atomic E-state index is -0.261. The molecule has 5 heteroatoms. The number of aromatic hydroxyl groups is 1. The molecule has 0 unspecified atom stereocenters. The van der Waals surface area contributed by atoms with Crippen molar-refractivity contribution < 1.29 is 9.84 Å². The molecule has 0 atom stereocenters. The van der Waals surface area contributed by atoms with Gasteiger partial charge in [-0.25, -0.2) is 4.98 Å². The molecule has 0 bridgehead atoms. The van der Waals surface area contributed by atoms with Crippen molar-refractivity contribution in [2.24, 2.45) is 0 Å². The van der Waals surface area contributed by atoms with Crippen LogP contribution in [0, 0.1) is 0 Å². The molecule has 92 valence electrons. The fourth-order valence-electron chi connectivity index (χ4n) is 1.76. The molecule has 1 aliphatic carbocycles. The lowest BCUT2D eigenvalue weighted by atomic mass is 10.3. The van der Waals surface area contributed by atoms with E-state index in [2.05, 4.69) is 4.98 Å². The van der Waals surface area contributed by atoms with E-state index in [4.69, 9.17) is 4.74 Å². The molecule has 0 radical (unpaired) electrons. The summed E-state index contributed by atoms with van der Waals surface area (Å²) in [4.78, 5) is 16.0. The molecule has 1 saturated carbocycles. The average Bonchev–Trinajstić information content (AvgIpc) is 3.19. The van der Waals surface area contributed by atoms with E-state index < -0.39 is 0 Å². The number of hydrogen-bond acceptors (Lipinski definition) is 4. The highest BCUT2D eigenvalue weighted by Gasteiger charge is 2.25. The van der Waals surface area contributed by atoms with Gasteiger partial charge in [-0.05, 0) is 25.0 Å². The first-order valence-electron chi connectivity index (χ1n) is 5.78. The summed E-state index contributed by atoms with van der Waals surface area (Å²) in [6, 6.07) is 6.76. The van der Waals surface area contributed by atoms with Gasteiger partial charge in [0.15, 0.2) is 11.5 Å². The Bertz CT molecular complexity index is 632. The Hall–Kier alpha value is -2.30. The summed E-state index contributed by atoms with van der Waals surface area (Å²) in [5, 5.41) is 9.59. The summed E-state index contributed by atoms with van der Waals surface area (Å²) in [7, 11) is 0. The van der Waals surface area contributed by atoms with Gasteiger partial charge in [0.2, 0.25) is 0 Å². The molecule has 1 aromatic carbocycles. The van der Waals surface area contributed by atoms with Gasteiger partial charge in [-0.15, -0.1) is 0 Å². The van der Waals surface area contributed by atoms with Crippen LogP contribution < -0.4 is 10.3 Å². The number of phenols is 1. The van der Waals surface area contributed by atoms with Crippen LogP contribution in [-0.4, -0.2) is 14.7 Å². The fraction of sp³-hybridized carbons (Fsp3) is 0.231. The predicted octanol–water partition coefficient (Wildman–Crippen LogP) is 2.08. The van der Waals surface area contributed by atoms with Crippen LogP contribution in [0.25, 0.3) is 0 Å². The Morgan fingerprint density at radius 2 is 2.11 bits per heavy atom. The van der Waals surface area contributed by atoms with Gasteiger partial charge in [0, 0.05) is 18.4 Å². The van der Waals surface area contributed by atoms with Crippen LogP contribution in [0.2, 0.25) is 0 Å². The number of ether oxygens (including phenoxy) is 1. The standard InChI is InChI=1S/C13H12N2O3/c16-10-3-1-2-4-11(10)18-12-13(17)15(8-7-14-12)9-5-6-9/h1-4,7-9,16H,5-6H2. The summed E-state index contributed by atoms with van der Waals surface area (Å²) in [6.45, 7) is 0. The molecular weight excluding hydrogens is 232 g/mol. The van der Waals surface area contributed by atoms with Gasteiger partial charge >= 0.3 is 5.56 Å². The van der Waals surface area contributed by atoms with E-state index in [1.54, 1.807) is 29.0 Å². The summed E-state index contributed by atoms with van der Waals surface area (Å²) < 4.78 is 6.99. The largest absolute Gasteiger partial charge is 0.504 e. The van der Waals surface area contributed by atoms with E-state index in [-0.39, 0.29) is 29.0 Å². The molecule has 1 N–H and O–H groups in total. The van der Waals surface area contributed by atoms with E-state index in [0.717, 1.165) is 12.8 Å². The first kappa shape index (κ1) is 10.8. The van der Waals surface area contributed by atoms with E-state index >= 15 is 0 Å². The lowest BCUT2D eigenvalue weighted by Gasteiger charge is -2.08. The van der Waals surface area contributed by atoms with Gasteiger partial charge in [0.25, 0.3) is 5.88 Å². The normalized spacial score (nSPS) is 14.4. The first-order valence-corrected chi connectivity index (χ1v) is 5.78. The Balaban J connectivity index is 1.96. The van der Waals surface area contributed by atoms with Crippen LogP contribution in [0.3, 0.4) is 0 Å². The molecule has 1 heterocycles. The van der Waals surface area contributed by atoms with Crippen LogP contribution in [0.5, 0.6) is 17.4 Å². The Labute approximate surface area is 103 Å². The number of phenolic OH excluding ortho intramolecular Hbond substituents is 1. The van der Waals surface area contributed by atoms with E-state index in [0.29, 0.717) is 0 Å². The van der Waals surface area contributed by atoms with Gasteiger partial charge in [-0.2, -0.15) is 0 Å². The lowest BCUT2D eigenvalue weighted by molar-refractivity contribution is 0.395. The van der Waals surface area contributed by atoms with Gasteiger partial charge in [0.05, 0.1) is 0 Å². The van der Waals surface area contributed by atoms with Crippen molar-refractivity contribution in [1.29, 1.82) is 0 Å². The van der Waals surface area contributed by atoms with Crippen LogP contribution in [-0.2, 0) is 0 Å². The zero-order chi connectivity index (χ0) is 12.5. The maximum absolute atomic E-state index is 12.1. The molecule has 18 heavy (non-hydrogen) atoms. The van der Waals surface area contributed by atoms with Crippen LogP contribution in [0.1, 0.15) is 18.9 Å². The molecule has 1 aromatic heterocycles. The van der Waals surface area contributed by atoms with E-state index in [1.807, 2.05) is 0 Å². The number of hydrogen-bond donors (Lipinski definition) is 1. The van der Waals surface area contributed by atoms with E-state index in [1.165, 1.54) is 12.3 Å². The third kappa shape index (κ3) is 1.95. The Morgan fingerprint density at radius 1 is 1.33 bits per heavy atom. The third-order valence-electron chi connectivity index (χ3n) is 2.85. The molecule has 5 nitrogen and oxygen atoms in total. The molecule has 0 saturated heterocycles. The fourth-order valence-corrected chi connectivity index (χ4v) is 1.76. The van der Waals surface area contributed by atoms with Crippen molar-refractivity contribution in [1.82, 2.24) is 9.55 Å². The average molecular weight is 244 g/mol. The second-order valence-electron chi connectivity index (χ2n) is 4.25. The summed E-state index contributed by atoms with van der Waals surface area (Å²) >= 11 is 0. The van der Waals surface area contributed by atoms with Crippen molar-refractivity contribution in [2.45, 2.75) is 18.9 Å². The van der Waals surface area contributed by atoms with Crippen molar-refractivity contribution >= 4 is 0 Å². The molecule has 0 spiro atoms. The lowest BCUT2D eigenvalue weighted by Crippen LogP contribution is -2.20. The molecule has 0 amide bonds. The number of rotatable bonds is 3. The van der Waals surface area contributed by atoms with Crippen molar-refractivity contribution in [2.75, 3.05) is 0 Å². The number of benzene rings is 1. The van der Waals surface area contributed by atoms with Crippen LogP contribution >= 0.6 is 0 Å². The highest BCUT2D eigenvalue weighted by Crippen LogP contribution is 2.34. The Morgan fingerprint density at radius 3 is 2.83 bits per heavy atom. The molecular formula is C13H12N2O3. The smallest absolute Gasteiger partial charge is 0.313 e. The summed E-state index contributed by atoms with van der Waals surface area (Å²) in [6.07, 6.45) is 5.23. The summed E-state index contributed by atoms with van der Waals surface area (Å²) in [5.41, 5.74) is -0.261. The van der Waals surface area contributed by atoms with Gasteiger partial charge in [-0.3, -0.25) is 4.79 Å². The quantitative estimate of drug-likeness (QED) is 0.897. The van der Waals surface area contributed by atoms with Crippen LogP contribution in [0.4, 0.5) is 0 Å². The van der Waals surface area contributed by atoms with E-state index in [9.17, 15) is 9.90 Å². The number of para-hydroxylation sites is 2. The predicted molar refractivity (Wildman–Crippen MR) is 64.9 cm³/mol. The Kier molecular flexibility index (Phi) is 2.51. The molecule has 1 fully saturated rings. The van der Waals surface area contributed by atoms with Gasteiger partial charge in [0.1, 0.15) is 0 Å². The van der Waals surface area contributed by atoms with Crippen LogP contribution in [0.15, 0.2) is 41.5 Å². The number of nitrogens with zero attached hydrogens (tertiary/aromatic N) is 2. The van der Waals surface area contributed by atoms with Crippen molar-refractivity contribution in [3.8, 4) is 17.4 Å². The van der Waals surface area contributed by atoms with Crippen molar-refractivity contribution in [3.63, 3.8) is 0 Å². The maximum Gasteiger partial charge on any atom is 0.313 e. The molecule has 2 aromatic rings. The first-order chi connectivity index (χ1) is 8.75. The highest BCUT2D eigenvalue weighted by atomic mass is 16.5. The zero-order valence-corrected chi connectivity index (χ0v) is 9.61. The summed E-state index contributed by atoms with van der Waals surface area (Å²) in [5.74, 6) is 0.210. The van der Waals surface area contributed by atoms with Gasteiger partial charge < -0.3 is 14.4 Å². The number of aromatic nitrogens is 2. The monoisotopic (exact) mass is 244 g/mol. The highest BCUT2D eigenvalue weighted by molar-refractivity contribution is 5.39. The zero-order valence-electron chi connectivity index (χ0n) is 9.61. The minimum absolute atomic E-state index is 0.00843. The van der Waals surface area contributed by atoms with Crippen molar-refractivity contribution in [3.05, 3.63) is 47.0 Å². The topological polar surface area (TPSA) is 64.3 Å². The SMILES string of the molecule is O=c1c(Oc2ccccc2O)nccn1C1CC1. The minimum Gasteiger partial charge on any atom is -0.504 e. The molecule has 1 aliphatic rings. The second-order valence-corrected chi connectivity index (χ2v) is 4.25. The maximum atomic E-state index is 12.1. The second kappa shape index (κ2) is 4.18.